The zero-order valence-electron chi connectivity index (χ0n) is 19.3. The van der Waals surface area contributed by atoms with Gasteiger partial charge in [-0.25, -0.2) is 0 Å². The minimum Gasteiger partial charge on any atom is -0.354 e. The first-order chi connectivity index (χ1) is 16.0. The van der Waals surface area contributed by atoms with Gasteiger partial charge in [0.25, 0.3) is 5.91 Å². The van der Waals surface area contributed by atoms with Crippen LogP contribution < -0.4 is 5.32 Å². The molecule has 1 heterocycles. The van der Waals surface area contributed by atoms with Crippen LogP contribution in [0.15, 0.2) is 54.6 Å². The van der Waals surface area contributed by atoms with Crippen molar-refractivity contribution in [3.8, 4) is 0 Å². The second-order valence-corrected chi connectivity index (χ2v) is 9.10. The molecule has 2 atom stereocenters. The topological polar surface area (TPSA) is 69.7 Å². The van der Waals surface area contributed by atoms with Crippen molar-refractivity contribution in [1.82, 2.24) is 15.1 Å². The fourth-order valence-electron chi connectivity index (χ4n) is 5.11. The van der Waals surface area contributed by atoms with E-state index in [2.05, 4.69) is 5.32 Å². The van der Waals surface area contributed by atoms with Crippen LogP contribution in [0.25, 0.3) is 0 Å². The highest BCUT2D eigenvalue weighted by atomic mass is 16.2. The molecule has 1 aliphatic heterocycles. The van der Waals surface area contributed by atoms with Gasteiger partial charge in [0.1, 0.15) is 0 Å². The zero-order chi connectivity index (χ0) is 23.2. The number of rotatable bonds is 3. The van der Waals surface area contributed by atoms with Crippen LogP contribution in [-0.4, -0.2) is 59.7 Å². The van der Waals surface area contributed by atoms with Crippen molar-refractivity contribution in [3.63, 3.8) is 0 Å². The molecule has 4 rings (SSSR count). The molecule has 0 unspecified atom stereocenters. The molecule has 1 aliphatic carbocycles. The van der Waals surface area contributed by atoms with E-state index < -0.39 is 0 Å². The molecular formula is C27H33N3O3. The first-order valence-electron chi connectivity index (χ1n) is 12.0. The van der Waals surface area contributed by atoms with Gasteiger partial charge in [-0.15, -0.1) is 0 Å². The number of aryl methyl sites for hydroxylation is 1. The van der Waals surface area contributed by atoms with Crippen molar-refractivity contribution >= 4 is 17.7 Å². The summed E-state index contributed by atoms with van der Waals surface area (Å²) in [5, 5.41) is 3.04. The van der Waals surface area contributed by atoms with Gasteiger partial charge in [0.15, 0.2) is 0 Å². The van der Waals surface area contributed by atoms with Gasteiger partial charge in [-0.3, -0.25) is 14.4 Å². The summed E-state index contributed by atoms with van der Waals surface area (Å²) in [6.07, 6.45) is 3.62. The first kappa shape index (κ1) is 23.0. The number of hydrogen-bond donors (Lipinski definition) is 1. The summed E-state index contributed by atoms with van der Waals surface area (Å²) in [6.45, 7) is 4.04. The summed E-state index contributed by atoms with van der Waals surface area (Å²) in [4.78, 5) is 43.2. The number of carbonyl (C=O) groups excluding carboxylic acids is 3. The second kappa shape index (κ2) is 10.6. The van der Waals surface area contributed by atoms with Crippen LogP contribution in [-0.2, 0) is 16.0 Å². The van der Waals surface area contributed by atoms with Crippen LogP contribution in [0.4, 0.5) is 0 Å². The zero-order valence-corrected chi connectivity index (χ0v) is 19.3. The van der Waals surface area contributed by atoms with Crippen molar-refractivity contribution in [3.05, 3.63) is 71.3 Å². The molecular weight excluding hydrogens is 414 g/mol. The summed E-state index contributed by atoms with van der Waals surface area (Å²) < 4.78 is 0. The Labute approximate surface area is 196 Å². The van der Waals surface area contributed by atoms with E-state index in [1.165, 1.54) is 0 Å². The Kier molecular flexibility index (Phi) is 7.43. The Bertz CT molecular complexity index is 991. The minimum atomic E-state index is -0.188. The molecule has 1 saturated heterocycles. The highest BCUT2D eigenvalue weighted by molar-refractivity contribution is 5.95. The molecule has 174 valence electrons. The van der Waals surface area contributed by atoms with E-state index in [-0.39, 0.29) is 29.7 Å². The van der Waals surface area contributed by atoms with Crippen LogP contribution >= 0.6 is 0 Å². The molecule has 1 N–H and O–H groups in total. The Balaban J connectivity index is 1.52. The lowest BCUT2D eigenvalue weighted by atomic mass is 9.99. The highest BCUT2D eigenvalue weighted by Crippen LogP contribution is 2.31. The molecule has 0 bridgehead atoms. The van der Waals surface area contributed by atoms with Gasteiger partial charge in [0.2, 0.25) is 11.8 Å². The van der Waals surface area contributed by atoms with Gasteiger partial charge in [-0.2, -0.15) is 0 Å². The maximum Gasteiger partial charge on any atom is 0.254 e. The molecule has 1 saturated carbocycles. The molecule has 33 heavy (non-hydrogen) atoms. The van der Waals surface area contributed by atoms with Crippen LogP contribution in [0.2, 0.25) is 0 Å². The van der Waals surface area contributed by atoms with Gasteiger partial charge >= 0.3 is 0 Å². The third-order valence-corrected chi connectivity index (χ3v) is 6.96. The fourth-order valence-corrected chi connectivity index (χ4v) is 5.11. The third kappa shape index (κ3) is 5.44. The lowest BCUT2D eigenvalue weighted by molar-refractivity contribution is -0.131. The fraction of sp³-hybridized carbons (Fsp3) is 0.444. The predicted octanol–water partition coefficient (Wildman–Crippen LogP) is 3.20. The molecule has 2 aromatic carbocycles. The highest BCUT2D eigenvalue weighted by Gasteiger charge is 2.39. The summed E-state index contributed by atoms with van der Waals surface area (Å²) in [5.74, 6) is -0.167. The lowest BCUT2D eigenvalue weighted by Gasteiger charge is -2.33. The van der Waals surface area contributed by atoms with E-state index in [1.807, 2.05) is 71.3 Å². The summed E-state index contributed by atoms with van der Waals surface area (Å²) in [5.41, 5.74) is 2.77. The molecule has 3 amide bonds. The number of hydrogen-bond acceptors (Lipinski definition) is 3. The molecule has 0 radical (unpaired) electrons. The van der Waals surface area contributed by atoms with Gasteiger partial charge in [0.05, 0.1) is 12.3 Å². The summed E-state index contributed by atoms with van der Waals surface area (Å²) in [7, 11) is 0. The number of carbonyl (C=O) groups is 3. The normalized spacial score (nSPS) is 21.7. The van der Waals surface area contributed by atoms with Gasteiger partial charge in [0, 0.05) is 37.8 Å². The SMILES string of the molecule is Cc1ccccc1CC(=O)N1CCCN(C(=O)c2ccccc2)[C@H]2CCC[C@H]2C(=O)NCC1. The molecule has 6 nitrogen and oxygen atoms in total. The molecule has 0 aromatic heterocycles. The largest absolute Gasteiger partial charge is 0.354 e. The molecule has 2 fully saturated rings. The average molecular weight is 448 g/mol. The van der Waals surface area contributed by atoms with E-state index in [0.29, 0.717) is 44.6 Å². The maximum atomic E-state index is 13.4. The van der Waals surface area contributed by atoms with E-state index in [4.69, 9.17) is 0 Å². The van der Waals surface area contributed by atoms with Crippen LogP contribution in [0.1, 0.15) is 47.2 Å². The second-order valence-electron chi connectivity index (χ2n) is 9.10. The van der Waals surface area contributed by atoms with E-state index in [1.54, 1.807) is 0 Å². The number of amides is 3. The lowest BCUT2D eigenvalue weighted by Crippen LogP contribution is -2.47. The minimum absolute atomic E-state index is 0.00318. The summed E-state index contributed by atoms with van der Waals surface area (Å²) >= 11 is 0. The smallest absolute Gasteiger partial charge is 0.254 e. The number of fused-ring (bicyclic) bond motifs is 1. The molecule has 0 spiro atoms. The third-order valence-electron chi connectivity index (χ3n) is 6.96. The number of nitrogens with one attached hydrogen (secondary N) is 1. The van der Waals surface area contributed by atoms with E-state index in [9.17, 15) is 14.4 Å². The average Bonchev–Trinajstić information content (AvgIpc) is 3.30. The van der Waals surface area contributed by atoms with Gasteiger partial charge in [-0.1, -0.05) is 48.9 Å². The standard InChI is InChI=1S/C27H33N3O3/c1-20-9-5-6-12-22(20)19-25(31)29-16-8-17-30(27(33)21-10-3-2-4-11-21)24-14-7-13-23(24)26(32)28-15-18-29/h2-6,9-12,23-24H,7-8,13-19H2,1H3,(H,28,32)/t23-,24+/m1/s1. The Hall–Kier alpha value is -3.15. The van der Waals surface area contributed by atoms with Gasteiger partial charge < -0.3 is 15.1 Å². The van der Waals surface area contributed by atoms with E-state index >= 15 is 0 Å². The maximum absolute atomic E-state index is 13.4. The Morgan fingerprint density at radius 1 is 0.939 bits per heavy atom. The van der Waals surface area contributed by atoms with Crippen LogP contribution in [0.3, 0.4) is 0 Å². The number of benzene rings is 2. The van der Waals surface area contributed by atoms with E-state index in [0.717, 1.165) is 30.4 Å². The Morgan fingerprint density at radius 2 is 1.70 bits per heavy atom. The first-order valence-corrected chi connectivity index (χ1v) is 12.0. The molecule has 2 aliphatic rings. The van der Waals surface area contributed by atoms with Crippen molar-refractivity contribution in [2.24, 2.45) is 5.92 Å². The van der Waals surface area contributed by atoms with Crippen molar-refractivity contribution in [1.29, 1.82) is 0 Å². The Morgan fingerprint density at radius 3 is 2.48 bits per heavy atom. The van der Waals surface area contributed by atoms with Gasteiger partial charge in [-0.05, 0) is 49.4 Å². The quantitative estimate of drug-likeness (QED) is 0.786. The summed E-state index contributed by atoms with van der Waals surface area (Å²) in [6, 6.07) is 17.1. The number of nitrogens with zero attached hydrogens (tertiary/aromatic N) is 2. The van der Waals surface area contributed by atoms with Crippen molar-refractivity contribution in [2.75, 3.05) is 26.2 Å². The van der Waals surface area contributed by atoms with Crippen molar-refractivity contribution in [2.45, 2.75) is 45.1 Å². The molecule has 2 aromatic rings. The van der Waals surface area contributed by atoms with Crippen LogP contribution in [0.5, 0.6) is 0 Å². The monoisotopic (exact) mass is 447 g/mol. The molecule has 6 heteroatoms. The van der Waals surface area contributed by atoms with Crippen molar-refractivity contribution < 1.29 is 14.4 Å². The van der Waals surface area contributed by atoms with Crippen LogP contribution in [0, 0.1) is 12.8 Å². The predicted molar refractivity (Wildman–Crippen MR) is 128 cm³/mol.